The predicted octanol–water partition coefficient (Wildman–Crippen LogP) is 1.43. The third kappa shape index (κ3) is 5.07. The minimum Gasteiger partial charge on any atom is -0.442 e. The van der Waals surface area contributed by atoms with E-state index in [1.807, 2.05) is 0 Å². The van der Waals surface area contributed by atoms with Crippen LogP contribution in [0, 0.1) is 5.82 Å². The number of amides is 2. The summed E-state index contributed by atoms with van der Waals surface area (Å²) in [6.07, 6.45) is -1.09. The molecule has 3 rings (SSSR count). The molecule has 2 aromatic rings. The maximum atomic E-state index is 14.9. The zero-order valence-corrected chi connectivity index (χ0v) is 17.4. The van der Waals surface area contributed by atoms with E-state index < -0.39 is 24.1 Å². The molecule has 1 heterocycles. The highest BCUT2D eigenvalue weighted by atomic mass is 19.1. The van der Waals surface area contributed by atoms with Crippen LogP contribution in [0.3, 0.4) is 0 Å². The minimum atomic E-state index is -0.656. The Labute approximate surface area is 184 Å². The lowest BCUT2D eigenvalue weighted by atomic mass is 10.00. The first-order valence-electron chi connectivity index (χ1n) is 9.72. The topological polar surface area (TPSA) is 147 Å². The SMILES string of the molecule is C=N/C(=N\NN)C(N)c1ccc(-c2ccc(N3C[C@H](CNC(C)=O)OC3=O)cc2F)cc1. The van der Waals surface area contributed by atoms with E-state index >= 15 is 0 Å². The molecule has 1 aliphatic rings. The van der Waals surface area contributed by atoms with Gasteiger partial charge in [0, 0.05) is 12.5 Å². The summed E-state index contributed by atoms with van der Waals surface area (Å²) >= 11 is 0. The summed E-state index contributed by atoms with van der Waals surface area (Å²) in [4.78, 5) is 28.3. The summed E-state index contributed by atoms with van der Waals surface area (Å²) in [6, 6.07) is 10.7. The van der Waals surface area contributed by atoms with E-state index in [-0.39, 0.29) is 24.8 Å². The van der Waals surface area contributed by atoms with Crippen molar-refractivity contribution in [3.05, 3.63) is 53.8 Å². The number of hydrogen-bond acceptors (Lipinski definition) is 7. The van der Waals surface area contributed by atoms with Crippen molar-refractivity contribution in [2.75, 3.05) is 18.0 Å². The molecule has 0 bridgehead atoms. The Morgan fingerprint density at radius 1 is 1.34 bits per heavy atom. The molecular formula is C21H24FN7O3. The smallest absolute Gasteiger partial charge is 0.414 e. The van der Waals surface area contributed by atoms with Crippen LogP contribution >= 0.6 is 0 Å². The number of ether oxygens (including phenoxy) is 1. The Hall–Kier alpha value is -3.83. The lowest BCUT2D eigenvalue weighted by Gasteiger charge is -2.15. The molecule has 1 fully saturated rings. The fraction of sp³-hybridized carbons (Fsp3) is 0.238. The van der Waals surface area contributed by atoms with Gasteiger partial charge in [-0.1, -0.05) is 24.3 Å². The van der Waals surface area contributed by atoms with Crippen LogP contribution in [0.5, 0.6) is 0 Å². The number of amidine groups is 1. The molecule has 168 valence electrons. The maximum Gasteiger partial charge on any atom is 0.414 e. The molecule has 0 aliphatic carbocycles. The van der Waals surface area contributed by atoms with Crippen LogP contribution in [0.1, 0.15) is 18.5 Å². The second-order valence-corrected chi connectivity index (χ2v) is 7.07. The second kappa shape index (κ2) is 9.98. The number of anilines is 1. The number of benzene rings is 2. The monoisotopic (exact) mass is 441 g/mol. The minimum absolute atomic E-state index is 0.196. The molecular weight excluding hydrogens is 417 g/mol. The van der Waals surface area contributed by atoms with Gasteiger partial charge in [-0.3, -0.25) is 9.69 Å². The Kier molecular flexibility index (Phi) is 7.13. The number of hydrazone groups is 1. The van der Waals surface area contributed by atoms with Gasteiger partial charge in [0.1, 0.15) is 11.9 Å². The summed E-state index contributed by atoms with van der Waals surface area (Å²) in [5.74, 6) is 4.66. The number of nitrogens with two attached hydrogens (primary N) is 2. The first kappa shape index (κ1) is 22.8. The van der Waals surface area contributed by atoms with Crippen molar-refractivity contribution >= 4 is 30.2 Å². The quantitative estimate of drug-likeness (QED) is 0.221. The zero-order chi connectivity index (χ0) is 23.3. The molecule has 1 unspecified atom stereocenters. The molecule has 1 saturated heterocycles. The van der Waals surface area contributed by atoms with Crippen LogP contribution in [0.15, 0.2) is 52.6 Å². The van der Waals surface area contributed by atoms with Gasteiger partial charge in [-0.05, 0) is 36.0 Å². The van der Waals surface area contributed by atoms with Gasteiger partial charge in [0.05, 0.1) is 24.8 Å². The van der Waals surface area contributed by atoms with Crippen LogP contribution in [0.25, 0.3) is 11.1 Å². The number of nitrogens with zero attached hydrogens (tertiary/aromatic N) is 3. The van der Waals surface area contributed by atoms with E-state index in [1.54, 1.807) is 36.4 Å². The van der Waals surface area contributed by atoms with Crippen molar-refractivity contribution in [1.82, 2.24) is 10.9 Å². The third-order valence-electron chi connectivity index (χ3n) is 4.92. The molecule has 1 aliphatic heterocycles. The fourth-order valence-corrected chi connectivity index (χ4v) is 3.29. The van der Waals surface area contributed by atoms with Crippen LogP contribution in [-0.4, -0.2) is 43.7 Å². The number of halogens is 1. The highest BCUT2D eigenvalue weighted by molar-refractivity contribution is 5.92. The summed E-state index contributed by atoms with van der Waals surface area (Å²) in [7, 11) is 0. The van der Waals surface area contributed by atoms with Crippen molar-refractivity contribution in [2.24, 2.45) is 21.7 Å². The number of aliphatic imine (C=N–C) groups is 1. The summed E-state index contributed by atoms with van der Waals surface area (Å²) in [5.41, 5.74) is 10.3. The average molecular weight is 441 g/mol. The highest BCUT2D eigenvalue weighted by Gasteiger charge is 2.32. The molecule has 32 heavy (non-hydrogen) atoms. The van der Waals surface area contributed by atoms with Crippen molar-refractivity contribution in [1.29, 1.82) is 0 Å². The van der Waals surface area contributed by atoms with Gasteiger partial charge in [0.25, 0.3) is 0 Å². The molecule has 11 heteroatoms. The molecule has 10 nitrogen and oxygen atoms in total. The van der Waals surface area contributed by atoms with E-state index in [2.05, 4.69) is 27.7 Å². The predicted molar refractivity (Wildman–Crippen MR) is 119 cm³/mol. The van der Waals surface area contributed by atoms with E-state index in [1.165, 1.54) is 17.9 Å². The van der Waals surface area contributed by atoms with Crippen LogP contribution < -0.4 is 27.3 Å². The molecule has 0 saturated carbocycles. The number of nitrogens with one attached hydrogen (secondary N) is 2. The summed E-state index contributed by atoms with van der Waals surface area (Å²) in [6.45, 7) is 5.20. The Morgan fingerprint density at radius 2 is 2.06 bits per heavy atom. The lowest BCUT2D eigenvalue weighted by molar-refractivity contribution is -0.119. The molecule has 2 aromatic carbocycles. The third-order valence-corrected chi connectivity index (χ3v) is 4.92. The van der Waals surface area contributed by atoms with E-state index in [9.17, 15) is 14.0 Å². The number of hydrogen-bond donors (Lipinski definition) is 4. The fourth-order valence-electron chi connectivity index (χ4n) is 3.29. The standard InChI is InChI=1S/C21H24FN7O3/c1-12(30)26-10-16-11-29(21(31)32-16)15-7-8-17(18(22)9-15)13-3-5-14(6-4-13)19(23)20(25-2)27-28-24/h3-9,16,19,28H,2,10-11,23-24H2,1H3,(H,26,30)/b27-20-/t16-,19?/m0/s1. The van der Waals surface area contributed by atoms with Gasteiger partial charge in [0.15, 0.2) is 5.84 Å². The average Bonchev–Trinajstić information content (AvgIpc) is 3.16. The first-order valence-corrected chi connectivity index (χ1v) is 9.72. The Balaban J connectivity index is 1.75. The molecule has 0 aromatic heterocycles. The maximum absolute atomic E-state index is 14.9. The van der Waals surface area contributed by atoms with Crippen molar-refractivity contribution in [3.8, 4) is 11.1 Å². The zero-order valence-electron chi connectivity index (χ0n) is 17.4. The molecule has 0 radical (unpaired) electrons. The van der Waals surface area contributed by atoms with Gasteiger partial charge in [0.2, 0.25) is 5.91 Å². The van der Waals surface area contributed by atoms with Crippen molar-refractivity contribution in [2.45, 2.75) is 19.1 Å². The number of rotatable bonds is 7. The van der Waals surface area contributed by atoms with Gasteiger partial charge in [-0.2, -0.15) is 0 Å². The second-order valence-electron chi connectivity index (χ2n) is 7.07. The molecule has 0 spiro atoms. The normalized spacial score (nSPS) is 17.0. The van der Waals surface area contributed by atoms with Gasteiger partial charge >= 0.3 is 6.09 Å². The Morgan fingerprint density at radius 3 is 2.66 bits per heavy atom. The van der Waals surface area contributed by atoms with E-state index in [0.29, 0.717) is 22.4 Å². The Bertz CT molecular complexity index is 1040. The van der Waals surface area contributed by atoms with Crippen LogP contribution in [0.2, 0.25) is 0 Å². The number of hydrazine groups is 1. The molecule has 2 amide bonds. The highest BCUT2D eigenvalue weighted by Crippen LogP contribution is 2.30. The van der Waals surface area contributed by atoms with Crippen LogP contribution in [-0.2, 0) is 9.53 Å². The van der Waals surface area contributed by atoms with E-state index in [4.69, 9.17) is 16.3 Å². The van der Waals surface area contributed by atoms with E-state index in [0.717, 1.165) is 0 Å². The number of carbonyl (C=O) groups excluding carboxylic acids is 2. The lowest BCUT2D eigenvalue weighted by Crippen LogP contribution is -2.33. The van der Waals surface area contributed by atoms with Crippen LogP contribution in [0.4, 0.5) is 14.9 Å². The summed E-state index contributed by atoms with van der Waals surface area (Å²) in [5, 5.41) is 6.36. The number of cyclic esters (lactones) is 1. The summed E-state index contributed by atoms with van der Waals surface area (Å²) < 4.78 is 20.1. The molecule has 6 N–H and O–H groups in total. The van der Waals surface area contributed by atoms with Crippen molar-refractivity contribution in [3.63, 3.8) is 0 Å². The first-order chi connectivity index (χ1) is 15.3. The van der Waals surface area contributed by atoms with Gasteiger partial charge < -0.3 is 15.8 Å². The molecule has 2 atom stereocenters. The van der Waals surface area contributed by atoms with Gasteiger partial charge in [-0.15, -0.1) is 5.10 Å². The largest absolute Gasteiger partial charge is 0.442 e. The van der Waals surface area contributed by atoms with Crippen molar-refractivity contribution < 1.29 is 18.7 Å². The van der Waals surface area contributed by atoms with Gasteiger partial charge in [-0.25, -0.2) is 25.6 Å². The number of carbonyl (C=O) groups is 2.